The van der Waals surface area contributed by atoms with Gasteiger partial charge in [-0.05, 0) is 37.3 Å². The van der Waals surface area contributed by atoms with Crippen molar-refractivity contribution in [2.45, 2.75) is 6.92 Å². The molecule has 0 aliphatic carbocycles. The summed E-state index contributed by atoms with van der Waals surface area (Å²) in [4.78, 5) is 19.1. The van der Waals surface area contributed by atoms with Crippen molar-refractivity contribution in [1.29, 1.82) is 0 Å². The maximum Gasteiger partial charge on any atom is 0.254 e. The summed E-state index contributed by atoms with van der Waals surface area (Å²) in [6, 6.07) is 15.9. The number of aromatic nitrogens is 2. The number of aryl methyl sites for hydroxylation is 1. The van der Waals surface area contributed by atoms with Gasteiger partial charge in [0.05, 0.1) is 24.2 Å². The summed E-state index contributed by atoms with van der Waals surface area (Å²) in [6.07, 6.45) is 0. The minimum atomic E-state index is 0.0483. The van der Waals surface area contributed by atoms with Gasteiger partial charge in [0.1, 0.15) is 5.82 Å². The molecule has 4 rings (SSSR count). The van der Waals surface area contributed by atoms with E-state index in [4.69, 9.17) is 4.74 Å². The predicted octanol–water partition coefficient (Wildman–Crippen LogP) is 2.81. The van der Waals surface area contributed by atoms with Crippen LogP contribution < -0.4 is 0 Å². The summed E-state index contributed by atoms with van der Waals surface area (Å²) in [5, 5.41) is 0. The van der Waals surface area contributed by atoms with E-state index in [0.717, 1.165) is 22.5 Å². The van der Waals surface area contributed by atoms with Gasteiger partial charge in [0.15, 0.2) is 0 Å². The lowest BCUT2D eigenvalue weighted by Crippen LogP contribution is -2.40. The van der Waals surface area contributed by atoms with Gasteiger partial charge < -0.3 is 9.64 Å². The zero-order valence-electron chi connectivity index (χ0n) is 13.6. The van der Waals surface area contributed by atoms with Crippen LogP contribution in [-0.2, 0) is 4.74 Å². The minimum absolute atomic E-state index is 0.0483. The fraction of sp³-hybridized carbons (Fsp3) is 0.263. The van der Waals surface area contributed by atoms with Crippen LogP contribution in [0.3, 0.4) is 0 Å². The van der Waals surface area contributed by atoms with Crippen LogP contribution in [-0.4, -0.2) is 46.7 Å². The number of para-hydroxylation sites is 1. The first kappa shape index (κ1) is 14.9. The molecule has 1 aromatic heterocycles. The Bertz CT molecular complexity index is 880. The highest BCUT2D eigenvalue weighted by Crippen LogP contribution is 2.23. The molecule has 24 heavy (non-hydrogen) atoms. The summed E-state index contributed by atoms with van der Waals surface area (Å²) in [6.45, 7) is 4.49. The third-order valence-corrected chi connectivity index (χ3v) is 4.38. The Kier molecular flexibility index (Phi) is 3.78. The number of hydrogen-bond donors (Lipinski definition) is 0. The Hall–Kier alpha value is -2.66. The Morgan fingerprint density at radius 1 is 1.08 bits per heavy atom. The Morgan fingerprint density at radius 3 is 2.58 bits per heavy atom. The Balaban J connectivity index is 1.73. The molecule has 2 aromatic carbocycles. The highest BCUT2D eigenvalue weighted by Gasteiger charge is 2.19. The van der Waals surface area contributed by atoms with Gasteiger partial charge in [-0.25, -0.2) is 4.98 Å². The number of benzene rings is 2. The molecule has 3 aromatic rings. The molecule has 0 saturated carbocycles. The van der Waals surface area contributed by atoms with Crippen molar-refractivity contribution < 1.29 is 9.53 Å². The maximum absolute atomic E-state index is 12.6. The van der Waals surface area contributed by atoms with E-state index in [-0.39, 0.29) is 5.91 Å². The van der Waals surface area contributed by atoms with Crippen molar-refractivity contribution >= 4 is 16.9 Å². The second-order valence-electron chi connectivity index (χ2n) is 5.94. The fourth-order valence-corrected chi connectivity index (χ4v) is 3.19. The predicted molar refractivity (Wildman–Crippen MR) is 92.5 cm³/mol. The van der Waals surface area contributed by atoms with Crippen LogP contribution in [0.2, 0.25) is 0 Å². The molecular formula is C19H19N3O2. The van der Waals surface area contributed by atoms with E-state index >= 15 is 0 Å². The third kappa shape index (κ3) is 2.57. The molecule has 0 unspecified atom stereocenters. The normalized spacial score (nSPS) is 15.0. The third-order valence-electron chi connectivity index (χ3n) is 4.38. The molecule has 0 N–H and O–H groups in total. The molecular weight excluding hydrogens is 302 g/mol. The first-order valence-electron chi connectivity index (χ1n) is 8.15. The second-order valence-corrected chi connectivity index (χ2v) is 5.94. The van der Waals surface area contributed by atoms with E-state index in [0.29, 0.717) is 31.9 Å². The lowest BCUT2D eigenvalue weighted by molar-refractivity contribution is 0.0303. The molecule has 1 aliphatic heterocycles. The summed E-state index contributed by atoms with van der Waals surface area (Å²) >= 11 is 0. The Labute approximate surface area is 140 Å². The summed E-state index contributed by atoms with van der Waals surface area (Å²) in [7, 11) is 0. The number of morpholine rings is 1. The number of ether oxygens (including phenoxy) is 1. The highest BCUT2D eigenvalue weighted by atomic mass is 16.5. The number of rotatable bonds is 2. The van der Waals surface area contributed by atoms with Gasteiger partial charge in [0, 0.05) is 24.3 Å². The Morgan fingerprint density at radius 2 is 1.83 bits per heavy atom. The number of imidazole rings is 1. The van der Waals surface area contributed by atoms with Crippen molar-refractivity contribution in [2.75, 3.05) is 26.3 Å². The standard InChI is InChI=1S/C19H19N3O2/c1-14-20-17-13-15(19(23)21-9-11-24-12-10-21)7-8-18(17)22(14)16-5-3-2-4-6-16/h2-8,13H,9-12H2,1H3. The lowest BCUT2D eigenvalue weighted by atomic mass is 10.1. The first-order valence-corrected chi connectivity index (χ1v) is 8.15. The van der Waals surface area contributed by atoms with Crippen LogP contribution in [0, 0.1) is 6.92 Å². The van der Waals surface area contributed by atoms with Gasteiger partial charge in [0.2, 0.25) is 0 Å². The molecule has 122 valence electrons. The van der Waals surface area contributed by atoms with E-state index in [1.165, 1.54) is 0 Å². The second kappa shape index (κ2) is 6.09. The zero-order chi connectivity index (χ0) is 16.5. The largest absolute Gasteiger partial charge is 0.378 e. The van der Waals surface area contributed by atoms with E-state index in [1.54, 1.807) is 0 Å². The van der Waals surface area contributed by atoms with E-state index < -0.39 is 0 Å². The smallest absolute Gasteiger partial charge is 0.254 e. The van der Waals surface area contributed by atoms with Crippen LogP contribution in [0.25, 0.3) is 16.7 Å². The lowest BCUT2D eigenvalue weighted by Gasteiger charge is -2.26. The number of hydrogen-bond acceptors (Lipinski definition) is 3. The molecule has 2 heterocycles. The van der Waals surface area contributed by atoms with Gasteiger partial charge in [-0.15, -0.1) is 0 Å². The molecule has 0 bridgehead atoms. The van der Waals surface area contributed by atoms with Crippen molar-refractivity contribution in [2.24, 2.45) is 0 Å². The van der Waals surface area contributed by atoms with Crippen molar-refractivity contribution in [3.8, 4) is 5.69 Å². The molecule has 5 heteroatoms. The van der Waals surface area contributed by atoms with E-state index in [1.807, 2.05) is 48.2 Å². The SMILES string of the molecule is Cc1nc2cc(C(=O)N3CCOCC3)ccc2n1-c1ccccc1. The van der Waals surface area contributed by atoms with Crippen molar-refractivity contribution in [3.05, 3.63) is 59.9 Å². The molecule has 1 fully saturated rings. The number of fused-ring (bicyclic) bond motifs is 1. The minimum Gasteiger partial charge on any atom is -0.378 e. The summed E-state index contributed by atoms with van der Waals surface area (Å²) < 4.78 is 7.42. The monoisotopic (exact) mass is 321 g/mol. The van der Waals surface area contributed by atoms with Crippen LogP contribution in [0.4, 0.5) is 0 Å². The van der Waals surface area contributed by atoms with E-state index in [9.17, 15) is 4.79 Å². The van der Waals surface area contributed by atoms with Gasteiger partial charge >= 0.3 is 0 Å². The zero-order valence-corrected chi connectivity index (χ0v) is 13.6. The molecule has 1 amide bonds. The van der Waals surface area contributed by atoms with E-state index in [2.05, 4.69) is 21.7 Å². The van der Waals surface area contributed by atoms with Crippen molar-refractivity contribution in [1.82, 2.24) is 14.5 Å². The van der Waals surface area contributed by atoms with Crippen LogP contribution in [0.5, 0.6) is 0 Å². The molecule has 0 spiro atoms. The average molecular weight is 321 g/mol. The van der Waals surface area contributed by atoms with Crippen molar-refractivity contribution in [3.63, 3.8) is 0 Å². The van der Waals surface area contributed by atoms with Crippen LogP contribution >= 0.6 is 0 Å². The van der Waals surface area contributed by atoms with Gasteiger partial charge in [-0.1, -0.05) is 18.2 Å². The average Bonchev–Trinajstić information content (AvgIpc) is 2.97. The summed E-state index contributed by atoms with van der Waals surface area (Å²) in [5.74, 6) is 0.958. The highest BCUT2D eigenvalue weighted by molar-refractivity contribution is 5.97. The quantitative estimate of drug-likeness (QED) is 0.729. The molecule has 5 nitrogen and oxygen atoms in total. The number of nitrogens with zero attached hydrogens (tertiary/aromatic N) is 3. The number of amides is 1. The fourth-order valence-electron chi connectivity index (χ4n) is 3.19. The first-order chi connectivity index (χ1) is 11.7. The van der Waals surface area contributed by atoms with Crippen LogP contribution in [0.15, 0.2) is 48.5 Å². The number of carbonyl (C=O) groups is 1. The number of carbonyl (C=O) groups excluding carboxylic acids is 1. The molecule has 1 saturated heterocycles. The topological polar surface area (TPSA) is 47.4 Å². The molecule has 0 radical (unpaired) electrons. The van der Waals surface area contributed by atoms with Gasteiger partial charge in [0.25, 0.3) is 5.91 Å². The molecule has 1 aliphatic rings. The van der Waals surface area contributed by atoms with Gasteiger partial charge in [-0.3, -0.25) is 9.36 Å². The maximum atomic E-state index is 12.6. The van der Waals surface area contributed by atoms with Gasteiger partial charge in [-0.2, -0.15) is 0 Å². The summed E-state index contributed by atoms with van der Waals surface area (Å²) in [5.41, 5.74) is 3.61. The molecule has 0 atom stereocenters. The van der Waals surface area contributed by atoms with Crippen LogP contribution in [0.1, 0.15) is 16.2 Å².